The summed E-state index contributed by atoms with van der Waals surface area (Å²) in [7, 11) is -3.57. The fraction of sp³-hybridized carbons (Fsp3) is 0.667. The minimum Gasteiger partial charge on any atom is -0.505 e. The highest BCUT2D eigenvalue weighted by molar-refractivity contribution is 7.91. The van der Waals surface area contributed by atoms with Gasteiger partial charge in [-0.2, -0.15) is 4.31 Å². The van der Waals surface area contributed by atoms with Gasteiger partial charge in [0.25, 0.3) is 10.0 Å². The molecule has 1 aromatic rings. The van der Waals surface area contributed by atoms with Crippen LogP contribution in [0.25, 0.3) is 0 Å². The van der Waals surface area contributed by atoms with Gasteiger partial charge >= 0.3 is 0 Å². The second-order valence-electron chi connectivity index (χ2n) is 4.45. The highest BCUT2D eigenvalue weighted by atomic mass is 32.2. The van der Waals surface area contributed by atoms with Gasteiger partial charge in [0.2, 0.25) is 0 Å². The van der Waals surface area contributed by atoms with E-state index in [0.29, 0.717) is 13.1 Å². The lowest BCUT2D eigenvalue weighted by Crippen LogP contribution is -2.30. The summed E-state index contributed by atoms with van der Waals surface area (Å²) in [6.45, 7) is 10.1. The van der Waals surface area contributed by atoms with Gasteiger partial charge < -0.3 is 5.11 Å². The average Bonchev–Trinajstić information content (AvgIpc) is 2.56. The highest BCUT2D eigenvalue weighted by Crippen LogP contribution is 2.42. The smallest absolute Gasteiger partial charge is 0.256 e. The number of hydrogen-bond acceptors (Lipinski definition) is 4. The summed E-state index contributed by atoms with van der Waals surface area (Å²) in [6, 6.07) is 0. The molecule has 1 N–H and O–H groups in total. The lowest BCUT2D eigenvalue weighted by Gasteiger charge is -2.17. The molecule has 0 unspecified atom stereocenters. The summed E-state index contributed by atoms with van der Waals surface area (Å²) in [6.07, 6.45) is 0. The summed E-state index contributed by atoms with van der Waals surface area (Å²) in [5.74, 6) is 0.0429. The third kappa shape index (κ3) is 2.55. The first-order valence-corrected chi connectivity index (χ1v) is 8.35. The van der Waals surface area contributed by atoms with Crippen molar-refractivity contribution in [1.29, 1.82) is 0 Å². The number of thiophene rings is 1. The molecule has 0 aliphatic heterocycles. The predicted octanol–water partition coefficient (Wildman–Crippen LogP) is 2.92. The summed E-state index contributed by atoms with van der Waals surface area (Å²) in [5, 5.41) is 10.2. The molecule has 18 heavy (non-hydrogen) atoms. The number of sulfonamides is 1. The SMILES string of the molecule is CCN(CC)S(=O)(=O)c1sc(C)c(C(C)C)c1O. The van der Waals surface area contributed by atoms with Gasteiger partial charge in [-0.25, -0.2) is 8.42 Å². The zero-order valence-electron chi connectivity index (χ0n) is 11.5. The molecule has 0 spiro atoms. The Hall–Kier alpha value is -0.590. The van der Waals surface area contributed by atoms with E-state index in [1.54, 1.807) is 13.8 Å². The fourth-order valence-corrected chi connectivity index (χ4v) is 5.36. The summed E-state index contributed by atoms with van der Waals surface area (Å²) in [4.78, 5) is 0.869. The van der Waals surface area contributed by atoms with Crippen LogP contribution in [0.3, 0.4) is 0 Å². The standard InChI is InChI=1S/C12H21NO3S2/c1-6-13(7-2)18(15,16)12-11(14)10(8(3)4)9(5)17-12/h8,14H,6-7H2,1-5H3. The molecule has 0 saturated carbocycles. The van der Waals surface area contributed by atoms with E-state index in [9.17, 15) is 13.5 Å². The van der Waals surface area contributed by atoms with Crippen molar-refractivity contribution in [3.63, 3.8) is 0 Å². The van der Waals surface area contributed by atoms with Crippen molar-refractivity contribution in [2.45, 2.75) is 44.7 Å². The zero-order valence-corrected chi connectivity index (χ0v) is 13.2. The maximum atomic E-state index is 12.4. The van der Waals surface area contributed by atoms with Crippen LogP contribution in [0.5, 0.6) is 5.75 Å². The quantitative estimate of drug-likeness (QED) is 0.907. The molecule has 6 heteroatoms. The van der Waals surface area contributed by atoms with Crippen LogP contribution in [-0.4, -0.2) is 30.9 Å². The number of rotatable bonds is 5. The van der Waals surface area contributed by atoms with Crippen molar-refractivity contribution in [2.75, 3.05) is 13.1 Å². The molecule has 0 radical (unpaired) electrons. The molecule has 0 saturated heterocycles. The molecule has 1 rings (SSSR count). The maximum Gasteiger partial charge on any atom is 0.256 e. The molecular weight excluding hydrogens is 270 g/mol. The summed E-state index contributed by atoms with van der Waals surface area (Å²) in [5.41, 5.74) is 0.741. The van der Waals surface area contributed by atoms with Crippen LogP contribution >= 0.6 is 11.3 Å². The van der Waals surface area contributed by atoms with Crippen molar-refractivity contribution >= 4 is 21.4 Å². The summed E-state index contributed by atoms with van der Waals surface area (Å²) >= 11 is 1.16. The summed E-state index contributed by atoms with van der Waals surface area (Å²) < 4.78 is 26.2. The Labute approximate surface area is 113 Å². The second-order valence-corrected chi connectivity index (χ2v) is 7.81. The van der Waals surface area contributed by atoms with Gasteiger partial charge in [0.05, 0.1) is 0 Å². The maximum absolute atomic E-state index is 12.4. The van der Waals surface area contributed by atoms with Crippen LogP contribution in [0, 0.1) is 6.92 Å². The minimum absolute atomic E-state index is 0.0700. The van der Waals surface area contributed by atoms with Crippen molar-refractivity contribution in [3.05, 3.63) is 10.4 Å². The molecule has 4 nitrogen and oxygen atoms in total. The van der Waals surface area contributed by atoms with Gasteiger partial charge in [0.15, 0.2) is 4.21 Å². The lowest BCUT2D eigenvalue weighted by molar-refractivity contribution is 0.430. The normalized spacial score (nSPS) is 12.6. The largest absolute Gasteiger partial charge is 0.505 e. The lowest BCUT2D eigenvalue weighted by atomic mass is 10.0. The molecule has 0 atom stereocenters. The Kier molecular flexibility index (Phi) is 4.80. The van der Waals surface area contributed by atoms with Gasteiger partial charge in [-0.15, -0.1) is 11.3 Å². The molecule has 0 fully saturated rings. The van der Waals surface area contributed by atoms with E-state index < -0.39 is 10.0 Å². The Morgan fingerprint density at radius 2 is 1.78 bits per heavy atom. The van der Waals surface area contributed by atoms with Crippen LogP contribution in [0.1, 0.15) is 44.1 Å². The first-order chi connectivity index (χ1) is 8.27. The number of nitrogens with zero attached hydrogens (tertiary/aromatic N) is 1. The van der Waals surface area contributed by atoms with Crippen LogP contribution in [0.4, 0.5) is 0 Å². The Morgan fingerprint density at radius 1 is 1.28 bits per heavy atom. The van der Waals surface area contributed by atoms with E-state index in [0.717, 1.165) is 21.8 Å². The van der Waals surface area contributed by atoms with Crippen LogP contribution in [-0.2, 0) is 10.0 Å². The van der Waals surface area contributed by atoms with Gasteiger partial charge in [-0.1, -0.05) is 27.7 Å². The van der Waals surface area contributed by atoms with E-state index in [2.05, 4.69) is 0 Å². The predicted molar refractivity (Wildman–Crippen MR) is 74.9 cm³/mol. The Morgan fingerprint density at radius 3 is 2.11 bits per heavy atom. The Balaban J connectivity index is 3.39. The Bertz CT molecular complexity index is 514. The topological polar surface area (TPSA) is 57.6 Å². The molecular formula is C12H21NO3S2. The molecule has 104 valence electrons. The van der Waals surface area contributed by atoms with Gasteiger partial charge in [-0.05, 0) is 12.8 Å². The van der Waals surface area contributed by atoms with Crippen LogP contribution < -0.4 is 0 Å². The first kappa shape index (κ1) is 15.5. The van der Waals surface area contributed by atoms with E-state index in [-0.39, 0.29) is 15.9 Å². The van der Waals surface area contributed by atoms with Crippen molar-refractivity contribution in [1.82, 2.24) is 4.31 Å². The number of aryl methyl sites for hydroxylation is 1. The van der Waals surface area contributed by atoms with E-state index in [1.807, 2.05) is 20.8 Å². The van der Waals surface area contributed by atoms with Crippen molar-refractivity contribution in [2.24, 2.45) is 0 Å². The molecule has 0 amide bonds. The van der Waals surface area contributed by atoms with Crippen LogP contribution in [0.15, 0.2) is 4.21 Å². The monoisotopic (exact) mass is 291 g/mol. The first-order valence-electron chi connectivity index (χ1n) is 6.09. The van der Waals surface area contributed by atoms with Crippen LogP contribution in [0.2, 0.25) is 0 Å². The molecule has 0 aromatic carbocycles. The van der Waals surface area contributed by atoms with E-state index in [1.165, 1.54) is 4.31 Å². The molecule has 0 aliphatic rings. The van der Waals surface area contributed by atoms with Gasteiger partial charge in [0, 0.05) is 23.5 Å². The van der Waals surface area contributed by atoms with Gasteiger partial charge in [-0.3, -0.25) is 0 Å². The van der Waals surface area contributed by atoms with E-state index >= 15 is 0 Å². The minimum atomic E-state index is -3.57. The van der Waals surface area contributed by atoms with E-state index in [4.69, 9.17) is 0 Å². The number of aromatic hydroxyl groups is 1. The van der Waals surface area contributed by atoms with Crippen molar-refractivity contribution < 1.29 is 13.5 Å². The molecule has 1 heterocycles. The third-order valence-electron chi connectivity index (χ3n) is 2.93. The number of hydrogen-bond donors (Lipinski definition) is 1. The highest BCUT2D eigenvalue weighted by Gasteiger charge is 2.30. The fourth-order valence-electron chi connectivity index (χ4n) is 2.05. The third-order valence-corrected chi connectivity index (χ3v) is 6.58. The van der Waals surface area contributed by atoms with Crippen molar-refractivity contribution in [3.8, 4) is 5.75 Å². The molecule has 0 bridgehead atoms. The average molecular weight is 291 g/mol. The molecule has 1 aromatic heterocycles. The molecule has 0 aliphatic carbocycles. The second kappa shape index (κ2) is 5.59. The zero-order chi connectivity index (χ0) is 14.1. The van der Waals surface area contributed by atoms with Gasteiger partial charge in [0.1, 0.15) is 5.75 Å².